The summed E-state index contributed by atoms with van der Waals surface area (Å²) in [6, 6.07) is 3.51. The van der Waals surface area contributed by atoms with Gasteiger partial charge in [-0.3, -0.25) is 4.79 Å². The number of carbonyl (C=O) groups excluding carboxylic acids is 1. The van der Waals surface area contributed by atoms with Gasteiger partial charge < -0.3 is 20.1 Å². The van der Waals surface area contributed by atoms with E-state index in [1.54, 1.807) is 0 Å². The molecule has 0 bridgehead atoms. The summed E-state index contributed by atoms with van der Waals surface area (Å²) in [5.74, 6) is -1.16. The average molecular weight is 364 g/mol. The van der Waals surface area contributed by atoms with E-state index >= 15 is 0 Å². The first-order valence-corrected chi connectivity index (χ1v) is 8.11. The van der Waals surface area contributed by atoms with Crippen molar-refractivity contribution in [2.24, 2.45) is 5.92 Å². The van der Waals surface area contributed by atoms with Gasteiger partial charge in [0.2, 0.25) is 18.7 Å². The highest BCUT2D eigenvalue weighted by Crippen LogP contribution is 2.37. The molecule has 7 nitrogen and oxygen atoms in total. The molecule has 0 aromatic carbocycles. The molecule has 0 saturated heterocycles. The Bertz CT molecular complexity index is 810. The molecule has 2 aromatic heterocycles. The fourth-order valence-electron chi connectivity index (χ4n) is 2.37. The fraction of sp³-hybridized carbons (Fsp3) is 0.353. The number of amides is 1. The van der Waals surface area contributed by atoms with Gasteiger partial charge in [0, 0.05) is 30.4 Å². The van der Waals surface area contributed by atoms with Crippen molar-refractivity contribution in [1.29, 1.82) is 0 Å². The smallest absolute Gasteiger partial charge is 0.273 e. The molecule has 3 heterocycles. The Balaban J connectivity index is 1.84. The number of nitrogens with zero attached hydrogens (tertiary/aromatic N) is 2. The summed E-state index contributed by atoms with van der Waals surface area (Å²) in [7, 11) is 0. The van der Waals surface area contributed by atoms with Gasteiger partial charge in [0.1, 0.15) is 5.82 Å². The zero-order chi connectivity index (χ0) is 18.7. The first-order chi connectivity index (χ1) is 12.4. The van der Waals surface area contributed by atoms with E-state index in [2.05, 4.69) is 34.4 Å². The van der Waals surface area contributed by atoms with Crippen LogP contribution in [0.3, 0.4) is 0 Å². The lowest BCUT2D eigenvalue weighted by molar-refractivity contribution is 0.0942. The normalized spacial score (nSPS) is 12.3. The lowest BCUT2D eigenvalue weighted by Crippen LogP contribution is -2.26. The van der Waals surface area contributed by atoms with Gasteiger partial charge in [-0.05, 0) is 12.3 Å². The first kappa shape index (κ1) is 17.8. The van der Waals surface area contributed by atoms with Crippen LogP contribution in [0.5, 0.6) is 11.5 Å². The van der Waals surface area contributed by atoms with Crippen molar-refractivity contribution in [1.82, 2.24) is 15.3 Å². The lowest BCUT2D eigenvalue weighted by atomic mass is 10.1. The van der Waals surface area contributed by atoms with Gasteiger partial charge in [0.25, 0.3) is 5.91 Å². The number of anilines is 2. The maximum absolute atomic E-state index is 13.2. The van der Waals surface area contributed by atoms with Gasteiger partial charge in [0.05, 0.1) is 0 Å². The number of fused-ring (bicyclic) bond motifs is 1. The standard InChI is InChI=1S/C17H18F2N4O3/c1-9(2)3-4-20-17(24)15-16-11(25-8-26-16)7-14(23-15)21-10-5-12(18)22-13(19)6-10/h5-7,9H,3-4,8H2,1-2H3,(H,20,24)(H,21,22,23). The molecule has 0 spiro atoms. The van der Waals surface area contributed by atoms with Crippen molar-refractivity contribution in [3.8, 4) is 11.5 Å². The third-order valence-electron chi connectivity index (χ3n) is 3.61. The largest absolute Gasteiger partial charge is 0.453 e. The Labute approximate surface area is 148 Å². The molecule has 2 N–H and O–H groups in total. The first-order valence-electron chi connectivity index (χ1n) is 8.11. The van der Waals surface area contributed by atoms with E-state index in [1.807, 2.05) is 0 Å². The van der Waals surface area contributed by atoms with Crippen LogP contribution in [0.15, 0.2) is 18.2 Å². The molecule has 26 heavy (non-hydrogen) atoms. The number of nitrogens with one attached hydrogen (secondary N) is 2. The topological polar surface area (TPSA) is 85.4 Å². The highest BCUT2D eigenvalue weighted by atomic mass is 19.1. The third kappa shape index (κ3) is 4.16. The summed E-state index contributed by atoms with van der Waals surface area (Å²) < 4.78 is 37.1. The number of rotatable bonds is 6. The SMILES string of the molecule is CC(C)CCNC(=O)c1nc(Nc2cc(F)nc(F)c2)cc2c1OCO2. The number of hydrogen-bond acceptors (Lipinski definition) is 6. The lowest BCUT2D eigenvalue weighted by Gasteiger charge is -2.11. The van der Waals surface area contributed by atoms with Crippen LogP contribution in [0.25, 0.3) is 0 Å². The Morgan fingerprint density at radius 2 is 1.92 bits per heavy atom. The summed E-state index contributed by atoms with van der Waals surface area (Å²) in [6.45, 7) is 4.56. The molecule has 0 atom stereocenters. The summed E-state index contributed by atoms with van der Waals surface area (Å²) in [6.07, 6.45) is 0.818. The van der Waals surface area contributed by atoms with Crippen LogP contribution in [0.1, 0.15) is 30.8 Å². The Kier molecular flexibility index (Phi) is 5.15. The predicted octanol–water partition coefficient (Wildman–Crippen LogP) is 3.00. The van der Waals surface area contributed by atoms with E-state index in [-0.39, 0.29) is 29.7 Å². The van der Waals surface area contributed by atoms with E-state index in [9.17, 15) is 13.6 Å². The average Bonchev–Trinajstić information content (AvgIpc) is 3.01. The Hall–Kier alpha value is -2.97. The second-order valence-electron chi connectivity index (χ2n) is 6.15. The molecule has 9 heteroatoms. The molecule has 0 unspecified atom stereocenters. The maximum atomic E-state index is 13.2. The molecular formula is C17H18F2N4O3. The van der Waals surface area contributed by atoms with Gasteiger partial charge in [0.15, 0.2) is 17.2 Å². The van der Waals surface area contributed by atoms with E-state index < -0.39 is 17.8 Å². The molecule has 0 radical (unpaired) electrons. The number of aromatic nitrogens is 2. The minimum atomic E-state index is -0.972. The Morgan fingerprint density at radius 3 is 2.62 bits per heavy atom. The predicted molar refractivity (Wildman–Crippen MR) is 89.6 cm³/mol. The van der Waals surface area contributed by atoms with Gasteiger partial charge >= 0.3 is 0 Å². The third-order valence-corrected chi connectivity index (χ3v) is 3.61. The van der Waals surface area contributed by atoms with E-state index in [4.69, 9.17) is 9.47 Å². The molecule has 138 valence electrons. The minimum Gasteiger partial charge on any atom is -0.453 e. The fourth-order valence-corrected chi connectivity index (χ4v) is 2.37. The van der Waals surface area contributed by atoms with E-state index in [0.29, 0.717) is 18.2 Å². The van der Waals surface area contributed by atoms with Gasteiger partial charge in [-0.1, -0.05) is 13.8 Å². The molecular weight excluding hydrogens is 346 g/mol. The van der Waals surface area contributed by atoms with Crippen molar-refractivity contribution in [3.63, 3.8) is 0 Å². The van der Waals surface area contributed by atoms with Crippen molar-refractivity contribution < 1.29 is 23.0 Å². The number of hydrogen-bond donors (Lipinski definition) is 2. The van der Waals surface area contributed by atoms with Crippen LogP contribution in [-0.4, -0.2) is 29.2 Å². The van der Waals surface area contributed by atoms with Crippen LogP contribution in [-0.2, 0) is 0 Å². The van der Waals surface area contributed by atoms with Gasteiger partial charge in [-0.15, -0.1) is 0 Å². The summed E-state index contributed by atoms with van der Waals surface area (Å²) >= 11 is 0. The van der Waals surface area contributed by atoms with Crippen LogP contribution in [0, 0.1) is 17.8 Å². The summed E-state index contributed by atoms with van der Waals surface area (Å²) in [5.41, 5.74) is 0.147. The number of halogens is 2. The molecule has 3 rings (SSSR count). The van der Waals surface area contributed by atoms with Gasteiger partial charge in [-0.25, -0.2) is 4.98 Å². The molecule has 1 amide bonds. The van der Waals surface area contributed by atoms with Crippen LogP contribution >= 0.6 is 0 Å². The number of carbonyl (C=O) groups is 1. The van der Waals surface area contributed by atoms with Crippen molar-refractivity contribution in [2.45, 2.75) is 20.3 Å². The van der Waals surface area contributed by atoms with Crippen LogP contribution in [0.2, 0.25) is 0 Å². The molecule has 0 aliphatic carbocycles. The molecule has 2 aromatic rings. The zero-order valence-electron chi connectivity index (χ0n) is 14.3. The zero-order valence-corrected chi connectivity index (χ0v) is 14.3. The highest BCUT2D eigenvalue weighted by molar-refractivity contribution is 5.96. The summed E-state index contributed by atoms with van der Waals surface area (Å²) in [5, 5.41) is 5.51. The van der Waals surface area contributed by atoms with Crippen LogP contribution in [0.4, 0.5) is 20.3 Å². The highest BCUT2D eigenvalue weighted by Gasteiger charge is 2.25. The minimum absolute atomic E-state index is 0.0365. The van der Waals surface area contributed by atoms with Gasteiger partial charge in [-0.2, -0.15) is 13.8 Å². The number of ether oxygens (including phenoxy) is 2. The van der Waals surface area contributed by atoms with E-state index in [1.165, 1.54) is 6.07 Å². The quantitative estimate of drug-likeness (QED) is 0.767. The summed E-state index contributed by atoms with van der Waals surface area (Å²) in [4.78, 5) is 19.7. The Morgan fingerprint density at radius 1 is 1.19 bits per heavy atom. The molecule has 1 aliphatic heterocycles. The molecule has 0 saturated carbocycles. The molecule has 0 fully saturated rings. The monoisotopic (exact) mass is 364 g/mol. The second-order valence-corrected chi connectivity index (χ2v) is 6.15. The van der Waals surface area contributed by atoms with Crippen molar-refractivity contribution in [3.05, 3.63) is 35.8 Å². The van der Waals surface area contributed by atoms with Crippen molar-refractivity contribution >= 4 is 17.4 Å². The van der Waals surface area contributed by atoms with E-state index in [0.717, 1.165) is 18.6 Å². The molecule has 1 aliphatic rings. The van der Waals surface area contributed by atoms with Crippen molar-refractivity contribution in [2.75, 3.05) is 18.7 Å². The number of pyridine rings is 2. The van der Waals surface area contributed by atoms with Crippen LogP contribution < -0.4 is 20.1 Å². The second kappa shape index (κ2) is 7.51. The maximum Gasteiger partial charge on any atom is 0.273 e.